The van der Waals surface area contributed by atoms with Crippen LogP contribution in [-0.2, 0) is 21.6 Å². The number of ether oxygens (including phenoxy) is 1. The summed E-state index contributed by atoms with van der Waals surface area (Å²) < 4.78 is 25.1. The largest absolute Gasteiger partial charge is 0.508 e. The molecule has 5 nitrogen and oxygen atoms in total. The summed E-state index contributed by atoms with van der Waals surface area (Å²) in [6.45, 7) is -0.137. The lowest BCUT2D eigenvalue weighted by Gasteiger charge is -2.27. The first-order chi connectivity index (χ1) is 13.5. The van der Waals surface area contributed by atoms with Gasteiger partial charge in [0.25, 0.3) is 0 Å². The lowest BCUT2D eigenvalue weighted by atomic mass is 9.78. The van der Waals surface area contributed by atoms with E-state index in [0.717, 1.165) is 12.8 Å². The van der Waals surface area contributed by atoms with E-state index < -0.39 is 22.8 Å². The molecule has 1 saturated carbocycles. The third-order valence-electron chi connectivity index (χ3n) is 5.41. The predicted octanol–water partition coefficient (Wildman–Crippen LogP) is 4.19. The Morgan fingerprint density at radius 1 is 1.14 bits per heavy atom. The fraction of sp³-hybridized carbons (Fsp3) is 0.273. The molecule has 6 heteroatoms. The maximum Gasteiger partial charge on any atom is 0.336 e. The van der Waals surface area contributed by atoms with Gasteiger partial charge in [0.1, 0.15) is 23.8 Å². The van der Waals surface area contributed by atoms with Crippen molar-refractivity contribution in [2.45, 2.75) is 37.7 Å². The van der Waals surface area contributed by atoms with E-state index in [1.807, 2.05) is 0 Å². The van der Waals surface area contributed by atoms with E-state index in [0.29, 0.717) is 29.4 Å². The highest BCUT2D eigenvalue weighted by Crippen LogP contribution is 2.43. The number of aromatic hydroxyl groups is 1. The molecule has 2 aromatic carbocycles. The minimum atomic E-state index is -1.00. The van der Waals surface area contributed by atoms with Crippen LogP contribution in [0.2, 0.25) is 0 Å². The summed E-state index contributed by atoms with van der Waals surface area (Å²) in [5.74, 6) is -0.938. The zero-order chi connectivity index (χ0) is 19.7. The van der Waals surface area contributed by atoms with Crippen LogP contribution in [0.1, 0.15) is 36.8 Å². The first kappa shape index (κ1) is 18.2. The topological polar surface area (TPSA) is 76.7 Å². The van der Waals surface area contributed by atoms with Crippen LogP contribution in [-0.4, -0.2) is 11.1 Å². The van der Waals surface area contributed by atoms with E-state index in [-0.39, 0.29) is 17.9 Å². The van der Waals surface area contributed by atoms with Crippen LogP contribution in [0.15, 0.2) is 57.7 Å². The molecule has 0 unspecified atom stereocenters. The fourth-order valence-corrected chi connectivity index (χ4v) is 4.03. The molecule has 1 aliphatic rings. The second kappa shape index (κ2) is 7.11. The van der Waals surface area contributed by atoms with Gasteiger partial charge in [0.05, 0.1) is 5.41 Å². The predicted molar refractivity (Wildman–Crippen MR) is 100 cm³/mol. The molecule has 4 rings (SSSR count). The number of hydrogen-bond acceptors (Lipinski definition) is 5. The molecule has 1 aromatic heterocycles. The normalized spacial score (nSPS) is 15.6. The van der Waals surface area contributed by atoms with E-state index in [4.69, 9.17) is 9.15 Å². The third kappa shape index (κ3) is 3.15. The van der Waals surface area contributed by atoms with Crippen molar-refractivity contribution in [2.75, 3.05) is 0 Å². The number of hydrogen-bond donors (Lipinski definition) is 1. The Morgan fingerprint density at radius 2 is 1.89 bits per heavy atom. The molecule has 0 amide bonds. The van der Waals surface area contributed by atoms with Gasteiger partial charge >= 0.3 is 11.6 Å². The fourth-order valence-electron chi connectivity index (χ4n) is 4.03. The van der Waals surface area contributed by atoms with E-state index >= 15 is 0 Å². The number of fused-ring (bicyclic) bond motifs is 1. The van der Waals surface area contributed by atoms with Crippen molar-refractivity contribution >= 4 is 16.9 Å². The monoisotopic (exact) mass is 382 g/mol. The molecule has 3 aromatic rings. The van der Waals surface area contributed by atoms with Crippen molar-refractivity contribution in [2.24, 2.45) is 0 Å². The number of rotatable bonds is 4. The van der Waals surface area contributed by atoms with Gasteiger partial charge < -0.3 is 14.3 Å². The SMILES string of the molecule is O=C(OCc1cc(=O)oc2cc(O)ccc12)C1(c2ccccc2F)CCCC1. The molecule has 0 spiro atoms. The number of phenols is 1. The van der Waals surface area contributed by atoms with Gasteiger partial charge in [-0.3, -0.25) is 4.79 Å². The highest BCUT2D eigenvalue weighted by atomic mass is 19.1. The highest BCUT2D eigenvalue weighted by molar-refractivity contribution is 5.85. The molecule has 0 radical (unpaired) electrons. The standard InChI is InChI=1S/C22H19FO5/c23-18-6-2-1-5-17(18)22(9-3-4-10-22)21(26)27-13-14-11-20(25)28-19-12-15(24)7-8-16(14)19/h1-2,5-8,11-12,24H,3-4,9-10,13H2. The Hall–Kier alpha value is -3.15. The van der Waals surface area contributed by atoms with Gasteiger partial charge in [-0.1, -0.05) is 31.0 Å². The number of benzene rings is 2. The first-order valence-electron chi connectivity index (χ1n) is 9.18. The van der Waals surface area contributed by atoms with Crippen molar-refractivity contribution in [3.05, 3.63) is 75.9 Å². The number of esters is 1. The molecule has 1 aliphatic carbocycles. The summed E-state index contributed by atoms with van der Waals surface area (Å²) in [4.78, 5) is 24.8. The molecule has 28 heavy (non-hydrogen) atoms. The molecule has 0 aliphatic heterocycles. The van der Waals surface area contributed by atoms with Crippen molar-refractivity contribution in [3.8, 4) is 5.75 Å². The smallest absolute Gasteiger partial charge is 0.336 e. The number of halogens is 1. The van der Waals surface area contributed by atoms with Gasteiger partial charge in [-0.2, -0.15) is 0 Å². The molecule has 1 fully saturated rings. The quantitative estimate of drug-likeness (QED) is 0.541. The van der Waals surface area contributed by atoms with Crippen molar-refractivity contribution in [1.82, 2.24) is 0 Å². The summed E-state index contributed by atoms with van der Waals surface area (Å²) in [5, 5.41) is 10.1. The zero-order valence-electron chi connectivity index (χ0n) is 15.1. The Morgan fingerprint density at radius 3 is 2.64 bits per heavy atom. The molecule has 0 saturated heterocycles. The van der Waals surface area contributed by atoms with Crippen molar-refractivity contribution in [1.29, 1.82) is 0 Å². The zero-order valence-corrected chi connectivity index (χ0v) is 15.1. The maximum atomic E-state index is 14.4. The van der Waals surface area contributed by atoms with Gasteiger partial charge in [0.2, 0.25) is 0 Å². The molecular weight excluding hydrogens is 363 g/mol. The van der Waals surface area contributed by atoms with Crippen LogP contribution >= 0.6 is 0 Å². The van der Waals surface area contributed by atoms with Crippen LogP contribution < -0.4 is 5.63 Å². The summed E-state index contributed by atoms with van der Waals surface area (Å²) in [7, 11) is 0. The van der Waals surface area contributed by atoms with Gasteiger partial charge in [0, 0.05) is 28.6 Å². The number of carbonyl (C=O) groups excluding carboxylic acids is 1. The molecular formula is C22H19FO5. The van der Waals surface area contributed by atoms with Gasteiger partial charge in [-0.15, -0.1) is 0 Å². The Bertz CT molecular complexity index is 1100. The van der Waals surface area contributed by atoms with E-state index in [2.05, 4.69) is 0 Å². The summed E-state index contributed by atoms with van der Waals surface area (Å²) in [5.41, 5.74) is -0.558. The lowest BCUT2D eigenvalue weighted by Crippen LogP contribution is -2.35. The van der Waals surface area contributed by atoms with Gasteiger partial charge in [-0.25, -0.2) is 9.18 Å². The van der Waals surface area contributed by atoms with E-state index in [1.165, 1.54) is 24.3 Å². The van der Waals surface area contributed by atoms with E-state index in [1.54, 1.807) is 24.3 Å². The average molecular weight is 382 g/mol. The van der Waals surface area contributed by atoms with Crippen molar-refractivity contribution in [3.63, 3.8) is 0 Å². The van der Waals surface area contributed by atoms with Gasteiger partial charge in [-0.05, 0) is 31.0 Å². The minimum Gasteiger partial charge on any atom is -0.508 e. The molecule has 0 atom stereocenters. The van der Waals surface area contributed by atoms with Crippen molar-refractivity contribution < 1.29 is 23.4 Å². The summed E-state index contributed by atoms with van der Waals surface area (Å²) >= 11 is 0. The molecule has 0 bridgehead atoms. The first-order valence-corrected chi connectivity index (χ1v) is 9.18. The van der Waals surface area contributed by atoms with Crippen LogP contribution in [0.5, 0.6) is 5.75 Å². The number of carbonyl (C=O) groups is 1. The average Bonchev–Trinajstić information content (AvgIpc) is 3.16. The van der Waals surface area contributed by atoms with Crippen LogP contribution in [0.4, 0.5) is 4.39 Å². The number of phenolic OH excluding ortho intramolecular Hbond substituents is 1. The Labute approximate surface area is 160 Å². The lowest BCUT2D eigenvalue weighted by molar-refractivity contribution is -0.152. The molecule has 1 N–H and O–H groups in total. The summed E-state index contributed by atoms with van der Waals surface area (Å²) in [6, 6.07) is 12.0. The van der Waals surface area contributed by atoms with Crippen LogP contribution in [0, 0.1) is 5.82 Å². The Balaban J connectivity index is 1.65. The highest BCUT2D eigenvalue weighted by Gasteiger charge is 2.45. The molecule has 1 heterocycles. The van der Waals surface area contributed by atoms with Gasteiger partial charge in [0.15, 0.2) is 0 Å². The maximum absolute atomic E-state index is 14.4. The molecule has 144 valence electrons. The second-order valence-corrected chi connectivity index (χ2v) is 7.12. The van der Waals surface area contributed by atoms with E-state index in [9.17, 15) is 19.1 Å². The minimum absolute atomic E-state index is 0.0331. The Kier molecular flexibility index (Phi) is 4.63. The van der Waals surface area contributed by atoms with Crippen LogP contribution in [0.25, 0.3) is 11.0 Å². The summed E-state index contributed by atoms with van der Waals surface area (Å²) in [6.07, 6.45) is 2.69. The second-order valence-electron chi connectivity index (χ2n) is 7.12. The van der Waals surface area contributed by atoms with Crippen LogP contribution in [0.3, 0.4) is 0 Å². The third-order valence-corrected chi connectivity index (χ3v) is 5.41.